The molecule has 1 fully saturated rings. The molecule has 1 aromatic rings. The van der Waals surface area contributed by atoms with E-state index in [4.69, 9.17) is 4.74 Å². The van der Waals surface area contributed by atoms with Crippen LogP contribution in [0.5, 0.6) is 0 Å². The van der Waals surface area contributed by atoms with Gasteiger partial charge in [-0.25, -0.2) is 0 Å². The third kappa shape index (κ3) is 4.01. The molecular formula is C12H16N4O5. The lowest BCUT2D eigenvalue weighted by molar-refractivity contribution is -0.385. The second-order valence-electron chi connectivity index (χ2n) is 4.71. The van der Waals surface area contributed by atoms with Gasteiger partial charge in [0.25, 0.3) is 0 Å². The van der Waals surface area contributed by atoms with E-state index in [1.165, 1.54) is 15.8 Å². The Kier molecular flexibility index (Phi) is 4.51. The first-order valence-electron chi connectivity index (χ1n) is 6.63. The highest BCUT2D eigenvalue weighted by atomic mass is 16.6. The SMILES string of the molecule is CCOC(=O)CN(C(=O)Cn1cc([N+](=O)[O-])cn1)C1CC1. The Labute approximate surface area is 120 Å². The summed E-state index contributed by atoms with van der Waals surface area (Å²) in [7, 11) is 0. The van der Waals surface area contributed by atoms with Gasteiger partial charge in [-0.1, -0.05) is 0 Å². The highest BCUT2D eigenvalue weighted by molar-refractivity contribution is 5.82. The number of esters is 1. The fourth-order valence-electron chi connectivity index (χ4n) is 1.92. The maximum Gasteiger partial charge on any atom is 0.325 e. The molecule has 0 aliphatic heterocycles. The average Bonchev–Trinajstić information content (AvgIpc) is 3.15. The number of carbonyl (C=O) groups excluding carboxylic acids is 2. The lowest BCUT2D eigenvalue weighted by Crippen LogP contribution is -2.40. The monoisotopic (exact) mass is 296 g/mol. The minimum absolute atomic E-state index is 0.0486. The minimum atomic E-state index is -0.578. The predicted octanol–water partition coefficient (Wildman–Crippen LogP) is 0.345. The molecule has 9 heteroatoms. The molecule has 1 aliphatic carbocycles. The standard InChI is InChI=1S/C12H16N4O5/c1-2-21-12(18)8-15(9-3-4-9)11(17)7-14-6-10(5-13-14)16(19)20/h5-6,9H,2-4,7-8H2,1H3. The highest BCUT2D eigenvalue weighted by Crippen LogP contribution is 2.27. The van der Waals surface area contributed by atoms with Crippen LogP contribution in [0.3, 0.4) is 0 Å². The van der Waals surface area contributed by atoms with Crippen molar-refractivity contribution in [2.75, 3.05) is 13.2 Å². The molecule has 1 aromatic heterocycles. The topological polar surface area (TPSA) is 108 Å². The number of amides is 1. The first kappa shape index (κ1) is 14.9. The van der Waals surface area contributed by atoms with Crippen LogP contribution in [0.1, 0.15) is 19.8 Å². The Hall–Kier alpha value is -2.45. The summed E-state index contributed by atoms with van der Waals surface area (Å²) >= 11 is 0. The van der Waals surface area contributed by atoms with Crippen LogP contribution >= 0.6 is 0 Å². The van der Waals surface area contributed by atoms with Crippen LogP contribution in [0.4, 0.5) is 5.69 Å². The fourth-order valence-corrected chi connectivity index (χ4v) is 1.92. The van der Waals surface area contributed by atoms with Crippen molar-refractivity contribution in [2.24, 2.45) is 0 Å². The van der Waals surface area contributed by atoms with Crippen LogP contribution in [0.2, 0.25) is 0 Å². The molecule has 1 aliphatic rings. The number of hydrogen-bond donors (Lipinski definition) is 0. The molecule has 9 nitrogen and oxygen atoms in total. The maximum atomic E-state index is 12.2. The van der Waals surface area contributed by atoms with Gasteiger partial charge in [0.1, 0.15) is 25.5 Å². The van der Waals surface area contributed by atoms with E-state index >= 15 is 0 Å². The number of nitro groups is 1. The van der Waals surface area contributed by atoms with Gasteiger partial charge in [0.05, 0.1) is 11.5 Å². The summed E-state index contributed by atoms with van der Waals surface area (Å²) in [6.45, 7) is 1.73. The Morgan fingerprint density at radius 1 is 1.57 bits per heavy atom. The van der Waals surface area contributed by atoms with Crippen LogP contribution < -0.4 is 0 Å². The van der Waals surface area contributed by atoms with Crippen molar-refractivity contribution in [3.05, 3.63) is 22.5 Å². The van der Waals surface area contributed by atoms with Crippen LogP contribution in [0.25, 0.3) is 0 Å². The van der Waals surface area contributed by atoms with Crippen LogP contribution in [0.15, 0.2) is 12.4 Å². The van der Waals surface area contributed by atoms with Crippen molar-refractivity contribution >= 4 is 17.6 Å². The van der Waals surface area contributed by atoms with E-state index in [1.54, 1.807) is 6.92 Å². The zero-order chi connectivity index (χ0) is 15.4. The summed E-state index contributed by atoms with van der Waals surface area (Å²) in [6, 6.07) is 0.0486. The smallest absolute Gasteiger partial charge is 0.325 e. The molecule has 0 unspecified atom stereocenters. The number of ether oxygens (including phenoxy) is 1. The summed E-state index contributed by atoms with van der Waals surface area (Å²) in [4.78, 5) is 35.1. The maximum absolute atomic E-state index is 12.2. The van der Waals surface area contributed by atoms with Gasteiger partial charge in [-0.05, 0) is 19.8 Å². The zero-order valence-electron chi connectivity index (χ0n) is 11.6. The number of nitrogens with zero attached hydrogens (tertiary/aromatic N) is 4. The Morgan fingerprint density at radius 2 is 2.29 bits per heavy atom. The van der Waals surface area contributed by atoms with Crippen LogP contribution in [-0.2, 0) is 20.9 Å². The third-order valence-electron chi connectivity index (χ3n) is 3.04. The quantitative estimate of drug-likeness (QED) is 0.408. The van der Waals surface area contributed by atoms with Crippen molar-refractivity contribution in [2.45, 2.75) is 32.4 Å². The van der Waals surface area contributed by atoms with E-state index in [9.17, 15) is 19.7 Å². The Bertz CT molecular complexity index is 552. The van der Waals surface area contributed by atoms with Crippen LogP contribution in [0, 0.1) is 10.1 Å². The molecule has 0 N–H and O–H groups in total. The third-order valence-corrected chi connectivity index (χ3v) is 3.04. The van der Waals surface area contributed by atoms with Crippen molar-refractivity contribution in [3.8, 4) is 0 Å². The first-order chi connectivity index (χ1) is 10.0. The molecule has 0 atom stereocenters. The summed E-state index contributed by atoms with van der Waals surface area (Å²) in [5.74, 6) is -0.757. The Balaban J connectivity index is 1.97. The van der Waals surface area contributed by atoms with Crippen molar-refractivity contribution in [1.82, 2.24) is 14.7 Å². The highest BCUT2D eigenvalue weighted by Gasteiger charge is 2.34. The lowest BCUT2D eigenvalue weighted by Gasteiger charge is -2.21. The Morgan fingerprint density at radius 3 is 2.81 bits per heavy atom. The molecule has 1 saturated carbocycles. The second kappa shape index (κ2) is 6.33. The molecule has 21 heavy (non-hydrogen) atoms. The summed E-state index contributed by atoms with van der Waals surface area (Å²) < 4.78 is 6.04. The van der Waals surface area contributed by atoms with Gasteiger partial charge in [0.2, 0.25) is 5.91 Å². The lowest BCUT2D eigenvalue weighted by atomic mass is 10.4. The van der Waals surface area contributed by atoms with E-state index in [0.29, 0.717) is 0 Å². The molecule has 1 amide bonds. The molecule has 0 spiro atoms. The van der Waals surface area contributed by atoms with Crippen LogP contribution in [-0.4, -0.2) is 50.7 Å². The minimum Gasteiger partial charge on any atom is -0.465 e. The molecule has 1 heterocycles. The first-order valence-corrected chi connectivity index (χ1v) is 6.63. The van der Waals surface area contributed by atoms with Gasteiger partial charge >= 0.3 is 11.7 Å². The molecule has 114 valence electrons. The number of aromatic nitrogens is 2. The summed E-state index contributed by atoms with van der Waals surface area (Å²) in [5, 5.41) is 14.3. The largest absolute Gasteiger partial charge is 0.465 e. The molecule has 0 radical (unpaired) electrons. The van der Waals surface area contributed by atoms with E-state index < -0.39 is 10.9 Å². The summed E-state index contributed by atoms with van der Waals surface area (Å²) in [5.41, 5.74) is -0.175. The van der Waals surface area contributed by atoms with E-state index in [2.05, 4.69) is 5.10 Å². The van der Waals surface area contributed by atoms with Gasteiger partial charge in [0.15, 0.2) is 0 Å². The van der Waals surface area contributed by atoms with Gasteiger partial charge in [-0.2, -0.15) is 5.10 Å². The van der Waals surface area contributed by atoms with E-state index in [0.717, 1.165) is 19.0 Å². The van der Waals surface area contributed by atoms with Gasteiger partial charge < -0.3 is 9.64 Å². The molecule has 2 rings (SSSR count). The van der Waals surface area contributed by atoms with Crippen molar-refractivity contribution in [3.63, 3.8) is 0 Å². The van der Waals surface area contributed by atoms with E-state index in [-0.39, 0.29) is 37.3 Å². The van der Waals surface area contributed by atoms with Gasteiger partial charge in [0, 0.05) is 6.04 Å². The van der Waals surface area contributed by atoms with Gasteiger partial charge in [-0.3, -0.25) is 24.4 Å². The molecule has 0 bridgehead atoms. The molecule has 0 aromatic carbocycles. The average molecular weight is 296 g/mol. The van der Waals surface area contributed by atoms with Crippen molar-refractivity contribution < 1.29 is 19.2 Å². The number of hydrogen-bond acceptors (Lipinski definition) is 6. The fraction of sp³-hybridized carbons (Fsp3) is 0.583. The normalized spacial score (nSPS) is 13.8. The van der Waals surface area contributed by atoms with Gasteiger partial charge in [-0.15, -0.1) is 0 Å². The zero-order valence-corrected chi connectivity index (χ0v) is 11.6. The summed E-state index contributed by atoms with van der Waals surface area (Å²) in [6.07, 6.45) is 3.97. The number of carbonyl (C=O) groups is 2. The molecule has 0 saturated heterocycles. The second-order valence-corrected chi connectivity index (χ2v) is 4.71. The predicted molar refractivity (Wildman–Crippen MR) is 70.2 cm³/mol. The van der Waals surface area contributed by atoms with Crippen molar-refractivity contribution in [1.29, 1.82) is 0 Å². The number of rotatable bonds is 7. The molecular weight excluding hydrogens is 280 g/mol. The van der Waals surface area contributed by atoms with E-state index in [1.807, 2.05) is 0 Å².